The number of phenolic OH excluding ortho intramolecular Hbond substituents is 1. The number of pyridine rings is 1. The summed E-state index contributed by atoms with van der Waals surface area (Å²) in [4.78, 5) is 9.55. The molecule has 0 aliphatic carbocycles. The van der Waals surface area contributed by atoms with Gasteiger partial charge < -0.3 is 9.94 Å². The lowest BCUT2D eigenvalue weighted by atomic mass is 10.1. The van der Waals surface area contributed by atoms with Gasteiger partial charge in [0.2, 0.25) is 10.0 Å². The number of hydrogen-bond acceptors (Lipinski definition) is 7. The Kier molecular flexibility index (Phi) is 5.69. The fraction of sp³-hybridized carbons (Fsp3) is 0.278. The highest BCUT2D eigenvalue weighted by molar-refractivity contribution is 7.89. The lowest BCUT2D eigenvalue weighted by Crippen LogP contribution is -2.38. The van der Waals surface area contributed by atoms with Crippen molar-refractivity contribution in [2.75, 3.05) is 13.1 Å². The van der Waals surface area contributed by atoms with Crippen LogP contribution in [0.5, 0.6) is 5.75 Å². The van der Waals surface area contributed by atoms with Gasteiger partial charge in [0, 0.05) is 32.1 Å². The molecule has 27 heavy (non-hydrogen) atoms. The Hall–Kier alpha value is -2.96. The standard InChI is InChI=1S/C18H18N4O4S/c19-12-14-5-8-20-16(11-14)13-26-21-15-6-9-22(10-7-15)27(24,25)18-3-1-17(23)2-4-18/h1-5,8,11,23H,6-7,9-10,13H2. The zero-order chi connectivity index (χ0) is 19.3. The average molecular weight is 386 g/mol. The molecule has 0 bridgehead atoms. The van der Waals surface area contributed by atoms with E-state index in [1.807, 2.05) is 6.07 Å². The van der Waals surface area contributed by atoms with Gasteiger partial charge in [-0.25, -0.2) is 8.42 Å². The van der Waals surface area contributed by atoms with Gasteiger partial charge in [-0.05, 0) is 36.4 Å². The van der Waals surface area contributed by atoms with Crippen molar-refractivity contribution in [3.63, 3.8) is 0 Å². The van der Waals surface area contributed by atoms with Crippen molar-refractivity contribution in [1.29, 1.82) is 5.26 Å². The Bertz CT molecular complexity index is 971. The van der Waals surface area contributed by atoms with Crippen molar-refractivity contribution in [3.8, 4) is 11.8 Å². The quantitative estimate of drug-likeness (QED) is 0.786. The predicted molar refractivity (Wildman–Crippen MR) is 97.3 cm³/mol. The van der Waals surface area contributed by atoms with Crippen LogP contribution in [0.3, 0.4) is 0 Å². The Morgan fingerprint density at radius 2 is 1.93 bits per heavy atom. The highest BCUT2D eigenvalue weighted by Gasteiger charge is 2.28. The first kappa shape index (κ1) is 18.8. The molecular weight excluding hydrogens is 368 g/mol. The highest BCUT2D eigenvalue weighted by Crippen LogP contribution is 2.21. The molecule has 8 nitrogen and oxygen atoms in total. The number of phenols is 1. The lowest BCUT2D eigenvalue weighted by molar-refractivity contribution is 0.125. The normalized spacial score (nSPS) is 15.1. The summed E-state index contributed by atoms with van der Waals surface area (Å²) in [7, 11) is -3.59. The summed E-state index contributed by atoms with van der Waals surface area (Å²) in [6.07, 6.45) is 2.49. The number of rotatable bonds is 5. The lowest BCUT2D eigenvalue weighted by Gasteiger charge is -2.26. The Balaban J connectivity index is 1.56. The molecule has 1 aromatic carbocycles. The van der Waals surface area contributed by atoms with Crippen molar-refractivity contribution < 1.29 is 18.4 Å². The summed E-state index contributed by atoms with van der Waals surface area (Å²) in [6.45, 7) is 0.773. The number of hydrogen-bond donors (Lipinski definition) is 1. The predicted octanol–water partition coefficient (Wildman–Crippen LogP) is 2.02. The number of sulfonamides is 1. The third-order valence-corrected chi connectivity index (χ3v) is 6.04. The molecule has 1 saturated heterocycles. The molecule has 9 heteroatoms. The van der Waals surface area contributed by atoms with Crippen LogP contribution in [0.25, 0.3) is 0 Å². The first-order valence-electron chi connectivity index (χ1n) is 8.31. The van der Waals surface area contributed by atoms with Crippen LogP contribution in [0.2, 0.25) is 0 Å². The van der Waals surface area contributed by atoms with Crippen LogP contribution in [0.4, 0.5) is 0 Å². The van der Waals surface area contributed by atoms with Crippen LogP contribution in [0.15, 0.2) is 52.6 Å². The average Bonchev–Trinajstić information content (AvgIpc) is 2.69. The molecule has 0 spiro atoms. The third-order valence-electron chi connectivity index (χ3n) is 4.13. The first-order valence-corrected chi connectivity index (χ1v) is 9.75. The number of nitrogens with zero attached hydrogens (tertiary/aromatic N) is 4. The van der Waals surface area contributed by atoms with Crippen LogP contribution in [0.1, 0.15) is 24.1 Å². The molecule has 140 valence electrons. The van der Waals surface area contributed by atoms with Crippen LogP contribution in [-0.4, -0.2) is 41.6 Å². The summed E-state index contributed by atoms with van der Waals surface area (Å²) in [5, 5.41) is 22.2. The minimum absolute atomic E-state index is 0.0222. The van der Waals surface area contributed by atoms with E-state index < -0.39 is 10.0 Å². The first-order chi connectivity index (χ1) is 13.0. The summed E-state index contributed by atoms with van der Waals surface area (Å²) < 4.78 is 26.6. The molecular formula is C18H18N4O4S. The van der Waals surface area contributed by atoms with Crippen molar-refractivity contribution >= 4 is 15.7 Å². The van der Waals surface area contributed by atoms with E-state index >= 15 is 0 Å². The molecule has 0 saturated carbocycles. The van der Waals surface area contributed by atoms with Gasteiger partial charge in [0.15, 0.2) is 6.61 Å². The van der Waals surface area contributed by atoms with Gasteiger partial charge in [-0.2, -0.15) is 9.57 Å². The Morgan fingerprint density at radius 1 is 1.22 bits per heavy atom. The van der Waals surface area contributed by atoms with E-state index in [4.69, 9.17) is 10.1 Å². The molecule has 1 aliphatic rings. The van der Waals surface area contributed by atoms with Crippen molar-refractivity contribution in [1.82, 2.24) is 9.29 Å². The zero-order valence-corrected chi connectivity index (χ0v) is 15.3. The van der Waals surface area contributed by atoms with Gasteiger partial charge in [0.1, 0.15) is 5.75 Å². The van der Waals surface area contributed by atoms with Crippen molar-refractivity contribution in [3.05, 3.63) is 53.9 Å². The molecule has 0 radical (unpaired) electrons. The van der Waals surface area contributed by atoms with E-state index in [1.165, 1.54) is 34.8 Å². The molecule has 1 fully saturated rings. The molecule has 1 N–H and O–H groups in total. The Labute approximate surface area is 157 Å². The summed E-state index contributed by atoms with van der Waals surface area (Å²) in [5.41, 5.74) is 1.89. The fourth-order valence-electron chi connectivity index (χ4n) is 2.66. The largest absolute Gasteiger partial charge is 0.508 e. The maximum absolute atomic E-state index is 12.6. The number of nitriles is 1. The second-order valence-corrected chi connectivity index (χ2v) is 7.91. The zero-order valence-electron chi connectivity index (χ0n) is 14.4. The maximum Gasteiger partial charge on any atom is 0.243 e. The third kappa shape index (κ3) is 4.61. The van der Waals surface area contributed by atoms with Crippen molar-refractivity contribution in [2.24, 2.45) is 5.16 Å². The summed E-state index contributed by atoms with van der Waals surface area (Å²) in [6, 6.07) is 10.8. The van der Waals surface area contributed by atoms with E-state index in [0.717, 1.165) is 5.71 Å². The Morgan fingerprint density at radius 3 is 2.59 bits per heavy atom. The van der Waals surface area contributed by atoms with Gasteiger partial charge in [0.25, 0.3) is 0 Å². The molecule has 0 atom stereocenters. The maximum atomic E-state index is 12.6. The van der Waals surface area contributed by atoms with E-state index in [-0.39, 0.29) is 17.3 Å². The van der Waals surface area contributed by atoms with Gasteiger partial charge in [-0.1, -0.05) is 5.16 Å². The van der Waals surface area contributed by atoms with Gasteiger partial charge in [-0.15, -0.1) is 0 Å². The summed E-state index contributed by atoms with van der Waals surface area (Å²) >= 11 is 0. The minimum Gasteiger partial charge on any atom is -0.508 e. The van der Waals surface area contributed by atoms with Gasteiger partial charge >= 0.3 is 0 Å². The van der Waals surface area contributed by atoms with Crippen LogP contribution >= 0.6 is 0 Å². The topological polar surface area (TPSA) is 116 Å². The number of piperidine rings is 1. The molecule has 3 rings (SSSR count). The second kappa shape index (κ2) is 8.16. The smallest absolute Gasteiger partial charge is 0.243 e. The molecule has 2 heterocycles. The minimum atomic E-state index is -3.59. The number of benzene rings is 1. The van der Waals surface area contributed by atoms with Gasteiger partial charge in [-0.3, -0.25) is 4.98 Å². The molecule has 1 aliphatic heterocycles. The molecule has 2 aromatic rings. The monoisotopic (exact) mass is 386 g/mol. The van der Waals surface area contributed by atoms with E-state index in [1.54, 1.807) is 12.1 Å². The van der Waals surface area contributed by atoms with Crippen LogP contribution < -0.4 is 0 Å². The van der Waals surface area contributed by atoms with Crippen LogP contribution in [-0.2, 0) is 21.5 Å². The molecule has 0 unspecified atom stereocenters. The summed E-state index contributed by atoms with van der Waals surface area (Å²) in [5.74, 6) is 0.0222. The number of aromatic hydroxyl groups is 1. The van der Waals surface area contributed by atoms with E-state index in [9.17, 15) is 13.5 Å². The van der Waals surface area contributed by atoms with E-state index in [2.05, 4.69) is 10.1 Å². The molecule has 1 aromatic heterocycles. The SMILES string of the molecule is N#Cc1ccnc(CON=C2CCN(S(=O)(=O)c3ccc(O)cc3)CC2)c1. The van der Waals surface area contributed by atoms with Crippen LogP contribution in [0, 0.1) is 11.3 Å². The number of oxime groups is 1. The number of aromatic nitrogens is 1. The fourth-order valence-corrected chi connectivity index (χ4v) is 4.10. The van der Waals surface area contributed by atoms with Crippen molar-refractivity contribution in [2.45, 2.75) is 24.3 Å². The molecule has 0 amide bonds. The second-order valence-electron chi connectivity index (χ2n) is 5.98. The van der Waals surface area contributed by atoms with Gasteiger partial charge in [0.05, 0.1) is 27.9 Å². The highest BCUT2D eigenvalue weighted by atomic mass is 32.2. The van der Waals surface area contributed by atoms with E-state index in [0.29, 0.717) is 37.2 Å².